The molecule has 0 aliphatic rings. The summed E-state index contributed by atoms with van der Waals surface area (Å²) < 4.78 is 13.1. The summed E-state index contributed by atoms with van der Waals surface area (Å²) in [4.78, 5) is 15.7. The Kier molecular flexibility index (Phi) is 4.87. The van der Waals surface area contributed by atoms with Gasteiger partial charge in [0.05, 0.1) is 5.52 Å². The first-order valence-corrected chi connectivity index (χ1v) is 6.76. The lowest BCUT2D eigenvalue weighted by atomic mass is 10.2. The standard InChI is InChI=1S/C15H18FN3O/c1-2-8-18-15(20)7-9-17-14-6-4-11-3-5-12(16)10-13(11)19-14/h3-6,10H,2,7-9H2,1H3,(H,17,19)(H,18,20). The molecule has 0 spiro atoms. The fraction of sp³-hybridized carbons (Fsp3) is 0.333. The average Bonchev–Trinajstić information content (AvgIpc) is 2.44. The van der Waals surface area contributed by atoms with Crippen molar-refractivity contribution in [3.8, 4) is 0 Å². The van der Waals surface area contributed by atoms with Gasteiger partial charge in [0.2, 0.25) is 5.91 Å². The molecule has 0 aliphatic carbocycles. The largest absolute Gasteiger partial charge is 0.370 e. The normalized spacial score (nSPS) is 10.5. The molecule has 1 aromatic carbocycles. The summed E-state index contributed by atoms with van der Waals surface area (Å²) in [5.74, 6) is 0.360. The molecule has 5 heteroatoms. The molecule has 2 N–H and O–H groups in total. The smallest absolute Gasteiger partial charge is 0.221 e. The van der Waals surface area contributed by atoms with E-state index in [1.54, 1.807) is 6.07 Å². The lowest BCUT2D eigenvalue weighted by Crippen LogP contribution is -2.25. The number of aromatic nitrogens is 1. The first-order valence-electron chi connectivity index (χ1n) is 6.76. The number of halogens is 1. The second kappa shape index (κ2) is 6.84. The lowest BCUT2D eigenvalue weighted by molar-refractivity contribution is -0.120. The summed E-state index contributed by atoms with van der Waals surface area (Å²) in [7, 11) is 0. The zero-order valence-corrected chi connectivity index (χ0v) is 11.4. The third-order valence-corrected chi connectivity index (χ3v) is 2.88. The fourth-order valence-electron chi connectivity index (χ4n) is 1.85. The molecule has 4 nitrogen and oxygen atoms in total. The zero-order valence-electron chi connectivity index (χ0n) is 11.4. The maximum atomic E-state index is 13.1. The van der Waals surface area contributed by atoms with Crippen molar-refractivity contribution in [2.45, 2.75) is 19.8 Å². The molecule has 0 bridgehead atoms. The number of benzene rings is 1. The van der Waals surface area contributed by atoms with Gasteiger partial charge in [-0.05, 0) is 30.7 Å². The minimum absolute atomic E-state index is 0.0196. The summed E-state index contributed by atoms with van der Waals surface area (Å²) in [6.07, 6.45) is 1.32. The highest BCUT2D eigenvalue weighted by Gasteiger charge is 2.02. The summed E-state index contributed by atoms with van der Waals surface area (Å²) in [6.45, 7) is 3.21. The van der Waals surface area contributed by atoms with Crippen LogP contribution in [0.2, 0.25) is 0 Å². The van der Waals surface area contributed by atoms with Crippen molar-refractivity contribution in [1.29, 1.82) is 0 Å². The number of anilines is 1. The van der Waals surface area contributed by atoms with Crippen LogP contribution < -0.4 is 10.6 Å². The van der Waals surface area contributed by atoms with Crippen LogP contribution in [0.4, 0.5) is 10.2 Å². The van der Waals surface area contributed by atoms with Crippen molar-refractivity contribution >= 4 is 22.6 Å². The number of nitrogens with one attached hydrogen (secondary N) is 2. The molecule has 2 rings (SSSR count). The Bertz CT molecular complexity index is 601. The van der Waals surface area contributed by atoms with Crippen LogP contribution in [-0.2, 0) is 4.79 Å². The molecule has 1 aromatic heterocycles. The quantitative estimate of drug-likeness (QED) is 0.852. The molecule has 0 radical (unpaired) electrons. The van der Waals surface area contributed by atoms with Crippen LogP contribution in [0.5, 0.6) is 0 Å². The van der Waals surface area contributed by atoms with E-state index in [9.17, 15) is 9.18 Å². The van der Waals surface area contributed by atoms with Crippen molar-refractivity contribution in [2.24, 2.45) is 0 Å². The van der Waals surface area contributed by atoms with Crippen LogP contribution in [0, 0.1) is 5.82 Å². The predicted octanol–water partition coefficient (Wildman–Crippen LogP) is 2.70. The third kappa shape index (κ3) is 3.91. The summed E-state index contributed by atoms with van der Waals surface area (Å²) in [5.41, 5.74) is 0.602. The molecule has 20 heavy (non-hydrogen) atoms. The lowest BCUT2D eigenvalue weighted by Gasteiger charge is -2.07. The Labute approximate surface area is 117 Å². The molecule has 0 atom stereocenters. The summed E-state index contributed by atoms with van der Waals surface area (Å²) in [5, 5.41) is 6.76. The molecular weight excluding hydrogens is 257 g/mol. The topological polar surface area (TPSA) is 54.0 Å². The van der Waals surface area contributed by atoms with Crippen LogP contribution in [0.15, 0.2) is 30.3 Å². The van der Waals surface area contributed by atoms with Crippen molar-refractivity contribution in [2.75, 3.05) is 18.4 Å². The Morgan fingerprint density at radius 2 is 2.05 bits per heavy atom. The van der Waals surface area contributed by atoms with Gasteiger partial charge in [-0.3, -0.25) is 4.79 Å². The van der Waals surface area contributed by atoms with E-state index in [1.807, 2.05) is 19.1 Å². The van der Waals surface area contributed by atoms with E-state index in [0.29, 0.717) is 30.8 Å². The SMILES string of the molecule is CCCNC(=O)CCNc1ccc2ccc(F)cc2n1. The van der Waals surface area contributed by atoms with E-state index in [2.05, 4.69) is 15.6 Å². The monoisotopic (exact) mass is 275 g/mol. The molecule has 1 heterocycles. The molecular formula is C15H18FN3O. The van der Waals surface area contributed by atoms with E-state index in [-0.39, 0.29) is 11.7 Å². The molecule has 0 saturated carbocycles. The summed E-state index contributed by atoms with van der Waals surface area (Å²) >= 11 is 0. The van der Waals surface area contributed by atoms with Crippen molar-refractivity contribution in [3.63, 3.8) is 0 Å². The van der Waals surface area contributed by atoms with Crippen molar-refractivity contribution in [3.05, 3.63) is 36.1 Å². The van der Waals surface area contributed by atoms with Crippen LogP contribution in [0.25, 0.3) is 10.9 Å². The number of carbonyl (C=O) groups is 1. The number of pyridine rings is 1. The van der Waals surface area contributed by atoms with E-state index >= 15 is 0 Å². The second-order valence-electron chi connectivity index (χ2n) is 4.56. The third-order valence-electron chi connectivity index (χ3n) is 2.88. The Balaban J connectivity index is 1.91. The van der Waals surface area contributed by atoms with Crippen LogP contribution >= 0.6 is 0 Å². The minimum Gasteiger partial charge on any atom is -0.370 e. The van der Waals surface area contributed by atoms with Gasteiger partial charge >= 0.3 is 0 Å². The molecule has 0 unspecified atom stereocenters. The van der Waals surface area contributed by atoms with E-state index in [1.165, 1.54) is 12.1 Å². The summed E-state index contributed by atoms with van der Waals surface area (Å²) in [6, 6.07) is 8.20. The molecule has 1 amide bonds. The van der Waals surface area contributed by atoms with Crippen LogP contribution in [-0.4, -0.2) is 24.0 Å². The Morgan fingerprint density at radius 1 is 1.25 bits per heavy atom. The van der Waals surface area contributed by atoms with E-state index < -0.39 is 0 Å². The highest BCUT2D eigenvalue weighted by molar-refractivity contribution is 5.80. The zero-order chi connectivity index (χ0) is 14.4. The molecule has 106 valence electrons. The number of nitrogens with zero attached hydrogens (tertiary/aromatic N) is 1. The van der Waals surface area contributed by atoms with Crippen LogP contribution in [0.1, 0.15) is 19.8 Å². The molecule has 0 saturated heterocycles. The van der Waals surface area contributed by atoms with Crippen molar-refractivity contribution in [1.82, 2.24) is 10.3 Å². The minimum atomic E-state index is -0.305. The number of fused-ring (bicyclic) bond motifs is 1. The number of hydrogen-bond acceptors (Lipinski definition) is 3. The number of amides is 1. The maximum absolute atomic E-state index is 13.1. The van der Waals surface area contributed by atoms with Gasteiger partial charge < -0.3 is 10.6 Å². The highest BCUT2D eigenvalue weighted by atomic mass is 19.1. The maximum Gasteiger partial charge on any atom is 0.221 e. The van der Waals surface area contributed by atoms with Gasteiger partial charge in [-0.25, -0.2) is 9.37 Å². The van der Waals surface area contributed by atoms with Gasteiger partial charge in [0, 0.05) is 31.0 Å². The van der Waals surface area contributed by atoms with Gasteiger partial charge in [-0.1, -0.05) is 6.92 Å². The van der Waals surface area contributed by atoms with Gasteiger partial charge in [0.15, 0.2) is 0 Å². The number of carbonyl (C=O) groups excluding carboxylic acids is 1. The first kappa shape index (κ1) is 14.2. The number of hydrogen-bond donors (Lipinski definition) is 2. The van der Waals surface area contributed by atoms with Crippen molar-refractivity contribution < 1.29 is 9.18 Å². The number of rotatable bonds is 6. The fourth-order valence-corrected chi connectivity index (χ4v) is 1.85. The first-order chi connectivity index (χ1) is 9.69. The Hall–Kier alpha value is -2.17. The van der Waals surface area contributed by atoms with Crippen LogP contribution in [0.3, 0.4) is 0 Å². The Morgan fingerprint density at radius 3 is 2.85 bits per heavy atom. The van der Waals surface area contributed by atoms with E-state index in [4.69, 9.17) is 0 Å². The predicted molar refractivity (Wildman–Crippen MR) is 78.1 cm³/mol. The molecule has 2 aromatic rings. The molecule has 0 fully saturated rings. The van der Waals surface area contributed by atoms with Gasteiger partial charge in [-0.2, -0.15) is 0 Å². The van der Waals surface area contributed by atoms with Gasteiger partial charge in [-0.15, -0.1) is 0 Å². The second-order valence-corrected chi connectivity index (χ2v) is 4.56. The van der Waals surface area contributed by atoms with E-state index in [0.717, 1.165) is 11.8 Å². The average molecular weight is 275 g/mol. The highest BCUT2D eigenvalue weighted by Crippen LogP contribution is 2.16. The molecule has 0 aliphatic heterocycles. The van der Waals surface area contributed by atoms with Gasteiger partial charge in [0.1, 0.15) is 11.6 Å². The van der Waals surface area contributed by atoms with Gasteiger partial charge in [0.25, 0.3) is 0 Å².